The van der Waals surface area contributed by atoms with Gasteiger partial charge in [0.1, 0.15) is 0 Å². The van der Waals surface area contributed by atoms with E-state index in [-0.39, 0.29) is 0 Å². The lowest BCUT2D eigenvalue weighted by Gasteiger charge is -2.43. The van der Waals surface area contributed by atoms with Crippen molar-refractivity contribution < 1.29 is 4.74 Å². The molecule has 106 valence electrons. The Hall–Kier alpha value is -0.860. The quantitative estimate of drug-likeness (QED) is 0.761. The third-order valence-corrected chi connectivity index (χ3v) is 4.12. The van der Waals surface area contributed by atoms with Crippen LogP contribution in [0.5, 0.6) is 0 Å². The number of aryl methyl sites for hydroxylation is 1. The zero-order chi connectivity index (χ0) is 13.7. The lowest BCUT2D eigenvalue weighted by molar-refractivity contribution is 0.0921. The first kappa shape index (κ1) is 14.5. The van der Waals surface area contributed by atoms with Crippen LogP contribution < -0.4 is 5.32 Å². The Morgan fingerprint density at radius 1 is 1.26 bits per heavy atom. The molecule has 0 aromatic heterocycles. The lowest BCUT2D eigenvalue weighted by atomic mass is 9.72. The van der Waals surface area contributed by atoms with Gasteiger partial charge in [-0.05, 0) is 31.2 Å². The normalized spacial score (nSPS) is 17.5. The van der Waals surface area contributed by atoms with E-state index >= 15 is 0 Å². The molecule has 0 atom stereocenters. The largest absolute Gasteiger partial charge is 0.381 e. The fraction of sp³-hybridized carbons (Fsp3) is 0.647. The molecule has 0 aliphatic carbocycles. The molecule has 0 bridgehead atoms. The summed E-state index contributed by atoms with van der Waals surface area (Å²) >= 11 is 0. The Labute approximate surface area is 117 Å². The summed E-state index contributed by atoms with van der Waals surface area (Å²) in [4.78, 5) is 0. The van der Waals surface area contributed by atoms with Crippen molar-refractivity contribution in [3.05, 3.63) is 35.4 Å². The minimum absolute atomic E-state index is 0.309. The van der Waals surface area contributed by atoms with Gasteiger partial charge < -0.3 is 10.1 Å². The van der Waals surface area contributed by atoms with Crippen LogP contribution >= 0.6 is 0 Å². The summed E-state index contributed by atoms with van der Waals surface area (Å²) in [6, 6.07) is 8.93. The molecule has 1 fully saturated rings. The van der Waals surface area contributed by atoms with Crippen molar-refractivity contribution in [2.24, 2.45) is 5.92 Å². The molecular weight excluding hydrogens is 234 g/mol. The number of hydrogen-bond acceptors (Lipinski definition) is 2. The lowest BCUT2D eigenvalue weighted by Crippen LogP contribution is -2.57. The van der Waals surface area contributed by atoms with Crippen LogP contribution in [0.3, 0.4) is 0 Å². The van der Waals surface area contributed by atoms with E-state index in [1.54, 1.807) is 0 Å². The number of rotatable bonds is 7. The molecule has 0 spiro atoms. The molecule has 1 heterocycles. The first-order valence-electron chi connectivity index (χ1n) is 7.48. The van der Waals surface area contributed by atoms with E-state index in [1.165, 1.54) is 11.1 Å². The molecule has 2 nitrogen and oxygen atoms in total. The molecule has 1 aromatic rings. The van der Waals surface area contributed by atoms with Gasteiger partial charge in [-0.1, -0.05) is 43.7 Å². The highest BCUT2D eigenvalue weighted by atomic mass is 16.5. The van der Waals surface area contributed by atoms with E-state index in [2.05, 4.69) is 50.4 Å². The molecule has 0 radical (unpaired) electrons. The predicted molar refractivity (Wildman–Crippen MR) is 80.6 cm³/mol. The van der Waals surface area contributed by atoms with Gasteiger partial charge in [-0.2, -0.15) is 0 Å². The number of benzene rings is 1. The van der Waals surface area contributed by atoms with Gasteiger partial charge >= 0.3 is 0 Å². The second-order valence-corrected chi connectivity index (χ2v) is 6.30. The van der Waals surface area contributed by atoms with E-state index in [0.717, 1.165) is 45.1 Å². The zero-order valence-corrected chi connectivity index (χ0v) is 12.5. The first-order chi connectivity index (χ1) is 9.12. The van der Waals surface area contributed by atoms with Crippen molar-refractivity contribution >= 4 is 0 Å². The van der Waals surface area contributed by atoms with Crippen molar-refractivity contribution in [3.8, 4) is 0 Å². The van der Waals surface area contributed by atoms with Gasteiger partial charge in [0, 0.05) is 31.7 Å². The van der Waals surface area contributed by atoms with Gasteiger partial charge in [0.05, 0.1) is 0 Å². The molecule has 2 rings (SSSR count). The van der Waals surface area contributed by atoms with Crippen LogP contribution in [-0.4, -0.2) is 26.3 Å². The Morgan fingerprint density at radius 2 is 2.05 bits per heavy atom. The molecule has 2 heteroatoms. The Balaban J connectivity index is 1.85. The van der Waals surface area contributed by atoms with Crippen LogP contribution in [0.1, 0.15) is 37.8 Å². The van der Waals surface area contributed by atoms with E-state index < -0.39 is 0 Å². The minimum Gasteiger partial charge on any atom is -0.381 e. The zero-order valence-electron chi connectivity index (χ0n) is 12.5. The van der Waals surface area contributed by atoms with E-state index in [1.807, 2.05) is 0 Å². The second-order valence-electron chi connectivity index (χ2n) is 6.30. The van der Waals surface area contributed by atoms with Crippen molar-refractivity contribution in [1.82, 2.24) is 5.32 Å². The second kappa shape index (κ2) is 6.53. The van der Waals surface area contributed by atoms with Crippen molar-refractivity contribution in [2.45, 2.75) is 39.0 Å². The Kier molecular flexibility index (Phi) is 5.00. The Bertz CT molecular complexity index is 396. The molecule has 1 aromatic carbocycles. The maximum Gasteiger partial charge on any atom is 0.0475 e. The molecule has 19 heavy (non-hydrogen) atoms. The standard InChI is InChI=1S/C17H27NO/c1-14(2)7-9-19-10-8-17(12-18-13-17)16-6-4-5-15(3)11-16/h4-6,11,14,18H,7-10,12-13H2,1-3H3. The van der Waals surface area contributed by atoms with Gasteiger partial charge in [-0.3, -0.25) is 0 Å². The predicted octanol–water partition coefficient (Wildman–Crippen LogP) is 3.29. The molecule has 1 N–H and O–H groups in total. The van der Waals surface area contributed by atoms with Crippen LogP contribution in [0.25, 0.3) is 0 Å². The highest BCUT2D eigenvalue weighted by Crippen LogP contribution is 2.32. The Morgan fingerprint density at radius 3 is 2.63 bits per heavy atom. The summed E-state index contributed by atoms with van der Waals surface area (Å²) in [7, 11) is 0. The average molecular weight is 261 g/mol. The van der Waals surface area contributed by atoms with Gasteiger partial charge in [-0.25, -0.2) is 0 Å². The van der Waals surface area contributed by atoms with Crippen molar-refractivity contribution in [3.63, 3.8) is 0 Å². The van der Waals surface area contributed by atoms with E-state index in [9.17, 15) is 0 Å². The van der Waals surface area contributed by atoms with Gasteiger partial charge in [-0.15, -0.1) is 0 Å². The van der Waals surface area contributed by atoms with Crippen LogP contribution in [-0.2, 0) is 10.2 Å². The molecule has 0 unspecified atom stereocenters. The fourth-order valence-electron chi connectivity index (χ4n) is 2.62. The highest BCUT2D eigenvalue weighted by Gasteiger charge is 2.38. The number of ether oxygens (including phenoxy) is 1. The van der Waals surface area contributed by atoms with Crippen molar-refractivity contribution in [2.75, 3.05) is 26.3 Å². The highest BCUT2D eigenvalue weighted by molar-refractivity contribution is 5.33. The average Bonchev–Trinajstić information content (AvgIpc) is 2.31. The minimum atomic E-state index is 0.309. The smallest absolute Gasteiger partial charge is 0.0475 e. The van der Waals surface area contributed by atoms with Gasteiger partial charge in [0.25, 0.3) is 0 Å². The van der Waals surface area contributed by atoms with Crippen molar-refractivity contribution in [1.29, 1.82) is 0 Å². The maximum atomic E-state index is 5.80. The maximum absolute atomic E-state index is 5.80. The molecule has 0 amide bonds. The van der Waals surface area contributed by atoms with Crippen LogP contribution in [0.15, 0.2) is 24.3 Å². The van der Waals surface area contributed by atoms with Crippen LogP contribution in [0.2, 0.25) is 0 Å². The topological polar surface area (TPSA) is 21.3 Å². The number of hydrogen-bond donors (Lipinski definition) is 1. The summed E-state index contributed by atoms with van der Waals surface area (Å²) < 4.78 is 5.80. The first-order valence-corrected chi connectivity index (χ1v) is 7.48. The number of nitrogens with one attached hydrogen (secondary N) is 1. The van der Waals surface area contributed by atoms with E-state index in [0.29, 0.717) is 5.41 Å². The summed E-state index contributed by atoms with van der Waals surface area (Å²) in [5, 5.41) is 3.42. The summed E-state index contributed by atoms with van der Waals surface area (Å²) in [5.74, 6) is 0.733. The molecule has 1 saturated heterocycles. The summed E-state index contributed by atoms with van der Waals surface area (Å²) in [6.07, 6.45) is 2.29. The molecular formula is C17H27NO. The van der Waals surface area contributed by atoms with E-state index in [4.69, 9.17) is 4.74 Å². The monoisotopic (exact) mass is 261 g/mol. The van der Waals surface area contributed by atoms with Crippen LogP contribution in [0.4, 0.5) is 0 Å². The molecule has 1 aliphatic rings. The third-order valence-electron chi connectivity index (χ3n) is 4.12. The summed E-state index contributed by atoms with van der Waals surface area (Å²) in [5.41, 5.74) is 3.13. The fourth-order valence-corrected chi connectivity index (χ4v) is 2.62. The van der Waals surface area contributed by atoms with Gasteiger partial charge in [0.15, 0.2) is 0 Å². The third kappa shape index (κ3) is 3.80. The van der Waals surface area contributed by atoms with Crippen LogP contribution in [0, 0.1) is 12.8 Å². The molecule has 0 saturated carbocycles. The molecule has 1 aliphatic heterocycles. The van der Waals surface area contributed by atoms with Gasteiger partial charge in [0.2, 0.25) is 0 Å². The summed E-state index contributed by atoms with van der Waals surface area (Å²) in [6.45, 7) is 10.6. The SMILES string of the molecule is Cc1cccc(C2(CCOCCC(C)C)CNC2)c1.